The van der Waals surface area contributed by atoms with E-state index < -0.39 is 0 Å². The molecule has 1 aromatic rings. The molecular formula is C17H26N2O2. The fourth-order valence-corrected chi connectivity index (χ4v) is 3.12. The summed E-state index contributed by atoms with van der Waals surface area (Å²) >= 11 is 0. The van der Waals surface area contributed by atoms with Crippen molar-refractivity contribution in [1.82, 2.24) is 0 Å². The monoisotopic (exact) mass is 290 g/mol. The Hall–Kier alpha value is -1.55. The van der Waals surface area contributed by atoms with Gasteiger partial charge in [-0.1, -0.05) is 13.8 Å². The lowest BCUT2D eigenvalue weighted by Gasteiger charge is -2.28. The van der Waals surface area contributed by atoms with Gasteiger partial charge in [-0.25, -0.2) is 0 Å². The third kappa shape index (κ3) is 3.21. The highest BCUT2D eigenvalue weighted by Crippen LogP contribution is 2.34. The fraction of sp³-hybridized carbons (Fsp3) is 0.588. The second-order valence-electron chi connectivity index (χ2n) is 6.01. The van der Waals surface area contributed by atoms with Crippen molar-refractivity contribution < 1.29 is 9.53 Å². The van der Waals surface area contributed by atoms with Gasteiger partial charge in [0.25, 0.3) is 0 Å². The van der Waals surface area contributed by atoms with Crippen molar-refractivity contribution in [1.29, 1.82) is 0 Å². The van der Waals surface area contributed by atoms with Crippen molar-refractivity contribution in [3.8, 4) is 0 Å². The van der Waals surface area contributed by atoms with E-state index in [1.54, 1.807) is 0 Å². The summed E-state index contributed by atoms with van der Waals surface area (Å²) in [6.07, 6.45) is 1.02. The first-order valence-corrected chi connectivity index (χ1v) is 7.78. The van der Waals surface area contributed by atoms with Gasteiger partial charge in [0.15, 0.2) is 0 Å². The molecule has 4 nitrogen and oxygen atoms in total. The molecule has 0 spiro atoms. The van der Waals surface area contributed by atoms with Crippen LogP contribution in [0.15, 0.2) is 24.3 Å². The van der Waals surface area contributed by atoms with Gasteiger partial charge in [0.05, 0.1) is 18.1 Å². The number of carbonyl (C=O) groups excluding carboxylic acids is 1. The van der Waals surface area contributed by atoms with Crippen molar-refractivity contribution in [3.63, 3.8) is 0 Å². The third-order valence-electron chi connectivity index (χ3n) is 4.45. The maximum atomic E-state index is 13.0. The Morgan fingerprint density at radius 1 is 1.19 bits per heavy atom. The van der Waals surface area contributed by atoms with Crippen molar-refractivity contribution in [2.75, 3.05) is 17.2 Å². The first kappa shape index (κ1) is 15.8. The molecule has 2 rings (SSSR count). The fourth-order valence-electron chi connectivity index (χ4n) is 3.12. The number of anilines is 2. The van der Waals surface area contributed by atoms with Gasteiger partial charge >= 0.3 is 0 Å². The summed E-state index contributed by atoms with van der Waals surface area (Å²) in [6.45, 7) is 8.94. The van der Waals surface area contributed by atoms with Crippen molar-refractivity contribution >= 4 is 17.3 Å². The predicted octanol–water partition coefficient (Wildman–Crippen LogP) is 3.07. The van der Waals surface area contributed by atoms with Gasteiger partial charge < -0.3 is 15.4 Å². The van der Waals surface area contributed by atoms with E-state index in [-0.39, 0.29) is 30.0 Å². The summed E-state index contributed by atoms with van der Waals surface area (Å²) in [5, 5.41) is 0. The zero-order valence-electron chi connectivity index (χ0n) is 13.4. The normalized spacial score (nSPS) is 28.6. The summed E-state index contributed by atoms with van der Waals surface area (Å²) in [4.78, 5) is 14.9. The van der Waals surface area contributed by atoms with E-state index in [4.69, 9.17) is 10.5 Å². The average Bonchev–Trinajstić information content (AvgIpc) is 2.70. The average molecular weight is 290 g/mol. The molecular weight excluding hydrogens is 264 g/mol. The van der Waals surface area contributed by atoms with Crippen molar-refractivity contribution in [3.05, 3.63) is 24.3 Å². The lowest BCUT2D eigenvalue weighted by molar-refractivity contribution is -0.124. The van der Waals surface area contributed by atoms with Crippen LogP contribution in [-0.2, 0) is 9.53 Å². The third-order valence-corrected chi connectivity index (χ3v) is 4.45. The Morgan fingerprint density at radius 2 is 1.81 bits per heavy atom. The molecule has 1 aliphatic heterocycles. The number of rotatable bonds is 4. The first-order valence-electron chi connectivity index (χ1n) is 7.78. The summed E-state index contributed by atoms with van der Waals surface area (Å²) in [5.74, 6) is 0.315. The van der Waals surface area contributed by atoms with Crippen LogP contribution in [0, 0.1) is 11.8 Å². The molecule has 1 saturated heterocycles. The van der Waals surface area contributed by atoms with Gasteiger partial charge in [-0.15, -0.1) is 0 Å². The molecule has 4 heteroatoms. The maximum absolute atomic E-state index is 13.0. The van der Waals surface area contributed by atoms with Gasteiger partial charge in [0.2, 0.25) is 5.91 Å². The number of nitrogens with two attached hydrogens (primary N) is 1. The molecule has 1 amide bonds. The van der Waals surface area contributed by atoms with E-state index in [1.807, 2.05) is 43.0 Å². The van der Waals surface area contributed by atoms with Crippen LogP contribution in [0.1, 0.15) is 34.1 Å². The molecule has 2 N–H and O–H groups in total. The number of carbonyl (C=O) groups is 1. The zero-order chi connectivity index (χ0) is 15.6. The quantitative estimate of drug-likeness (QED) is 0.867. The summed E-state index contributed by atoms with van der Waals surface area (Å²) < 4.78 is 5.82. The molecule has 0 saturated carbocycles. The summed E-state index contributed by atoms with van der Waals surface area (Å²) in [6, 6.07) is 7.51. The zero-order valence-corrected chi connectivity index (χ0v) is 13.4. The van der Waals surface area contributed by atoms with Crippen LogP contribution < -0.4 is 10.6 Å². The second kappa shape index (κ2) is 6.48. The van der Waals surface area contributed by atoms with Crippen LogP contribution >= 0.6 is 0 Å². The highest BCUT2D eigenvalue weighted by atomic mass is 16.5. The Bertz CT molecular complexity index is 486. The second-order valence-corrected chi connectivity index (χ2v) is 6.01. The van der Waals surface area contributed by atoms with Gasteiger partial charge in [-0.05, 0) is 50.5 Å². The van der Waals surface area contributed by atoms with Crippen LogP contribution in [0.3, 0.4) is 0 Å². The SMILES string of the molecule is CCCN(C(=O)C1C(C)OC(C)C1C)c1ccc(N)cc1. The minimum Gasteiger partial charge on any atom is -0.399 e. The van der Waals surface area contributed by atoms with E-state index in [0.717, 1.165) is 12.1 Å². The topological polar surface area (TPSA) is 55.6 Å². The first-order chi connectivity index (χ1) is 9.95. The summed E-state index contributed by atoms with van der Waals surface area (Å²) in [7, 11) is 0. The van der Waals surface area contributed by atoms with Crippen LogP contribution in [0.25, 0.3) is 0 Å². The highest BCUT2D eigenvalue weighted by molar-refractivity contribution is 5.95. The standard InChI is InChI=1S/C17H26N2O2/c1-5-10-19(15-8-6-14(18)7-9-15)17(20)16-11(2)12(3)21-13(16)4/h6-9,11-13,16H,5,10,18H2,1-4H3. The Balaban J connectivity index is 2.25. The van der Waals surface area contributed by atoms with E-state index in [1.165, 1.54) is 0 Å². The molecule has 1 heterocycles. The van der Waals surface area contributed by atoms with E-state index >= 15 is 0 Å². The van der Waals surface area contributed by atoms with Crippen molar-refractivity contribution in [2.45, 2.75) is 46.3 Å². The number of hydrogen-bond acceptors (Lipinski definition) is 3. The Morgan fingerprint density at radius 3 is 2.29 bits per heavy atom. The number of hydrogen-bond donors (Lipinski definition) is 1. The molecule has 4 atom stereocenters. The largest absolute Gasteiger partial charge is 0.399 e. The molecule has 1 fully saturated rings. The maximum Gasteiger partial charge on any atom is 0.233 e. The number of nitrogens with zero attached hydrogens (tertiary/aromatic N) is 1. The van der Waals surface area contributed by atoms with E-state index in [2.05, 4.69) is 13.8 Å². The van der Waals surface area contributed by atoms with Crippen molar-refractivity contribution in [2.24, 2.45) is 11.8 Å². The van der Waals surface area contributed by atoms with Crippen LogP contribution in [0.5, 0.6) is 0 Å². The number of amides is 1. The Labute approximate surface area is 127 Å². The number of nitrogen functional groups attached to an aromatic ring is 1. The lowest BCUT2D eigenvalue weighted by atomic mass is 9.88. The molecule has 4 unspecified atom stereocenters. The highest BCUT2D eigenvalue weighted by Gasteiger charge is 2.43. The number of ether oxygens (including phenoxy) is 1. The van der Waals surface area contributed by atoms with Gasteiger partial charge in [0.1, 0.15) is 0 Å². The van der Waals surface area contributed by atoms with E-state index in [9.17, 15) is 4.79 Å². The van der Waals surface area contributed by atoms with Gasteiger partial charge in [0, 0.05) is 17.9 Å². The number of benzene rings is 1. The van der Waals surface area contributed by atoms with Gasteiger partial charge in [-0.3, -0.25) is 4.79 Å². The van der Waals surface area contributed by atoms with Gasteiger partial charge in [-0.2, -0.15) is 0 Å². The lowest BCUT2D eigenvalue weighted by Crippen LogP contribution is -2.41. The molecule has 116 valence electrons. The minimum atomic E-state index is -0.0795. The molecule has 21 heavy (non-hydrogen) atoms. The summed E-state index contributed by atoms with van der Waals surface area (Å²) in [5.41, 5.74) is 7.36. The van der Waals surface area contributed by atoms with Crippen LogP contribution in [0.4, 0.5) is 11.4 Å². The van der Waals surface area contributed by atoms with E-state index in [0.29, 0.717) is 12.2 Å². The molecule has 1 aliphatic rings. The Kier molecular flexibility index (Phi) is 4.88. The molecule has 0 aliphatic carbocycles. The molecule has 1 aromatic carbocycles. The van der Waals surface area contributed by atoms with Crippen LogP contribution in [-0.4, -0.2) is 24.7 Å². The molecule has 0 radical (unpaired) electrons. The molecule has 0 bridgehead atoms. The minimum absolute atomic E-state index is 0.0318. The predicted molar refractivity (Wildman–Crippen MR) is 86.2 cm³/mol. The smallest absolute Gasteiger partial charge is 0.233 e. The molecule has 0 aromatic heterocycles. The van der Waals surface area contributed by atoms with Crippen LogP contribution in [0.2, 0.25) is 0 Å².